The van der Waals surface area contributed by atoms with Gasteiger partial charge in [-0.05, 0) is 31.2 Å². The molecule has 0 unspecified atom stereocenters. The average molecular weight is 337 g/mol. The van der Waals surface area contributed by atoms with Crippen molar-refractivity contribution in [3.05, 3.63) is 59.9 Å². The number of hydrogen-bond donors (Lipinski definition) is 1. The maximum Gasteiger partial charge on any atom is 0.229 e. The number of para-hydroxylation sites is 1. The second kappa shape index (κ2) is 7.25. The summed E-state index contributed by atoms with van der Waals surface area (Å²) in [5, 5.41) is 2.78. The van der Waals surface area contributed by atoms with E-state index in [2.05, 4.69) is 10.3 Å². The third-order valence-corrected chi connectivity index (χ3v) is 4.23. The Morgan fingerprint density at radius 2 is 1.96 bits per heavy atom. The third-order valence-electron chi connectivity index (χ3n) is 4.23. The number of benzene rings is 1. The van der Waals surface area contributed by atoms with Crippen LogP contribution in [0.3, 0.4) is 0 Å². The fourth-order valence-electron chi connectivity index (χ4n) is 2.92. The average Bonchev–Trinajstić information content (AvgIpc) is 2.97. The maximum absolute atomic E-state index is 12.5. The van der Waals surface area contributed by atoms with Gasteiger partial charge in [-0.2, -0.15) is 0 Å². The molecule has 1 N–H and O–H groups in total. The van der Waals surface area contributed by atoms with E-state index < -0.39 is 5.92 Å². The van der Waals surface area contributed by atoms with Gasteiger partial charge in [-0.15, -0.1) is 0 Å². The molecule has 0 aliphatic carbocycles. The molecule has 6 heteroatoms. The first-order valence-corrected chi connectivity index (χ1v) is 8.13. The van der Waals surface area contributed by atoms with Crippen LogP contribution in [0.5, 0.6) is 0 Å². The summed E-state index contributed by atoms with van der Waals surface area (Å²) in [4.78, 5) is 42.2. The van der Waals surface area contributed by atoms with Gasteiger partial charge in [0.1, 0.15) is 0 Å². The molecule has 1 saturated heterocycles. The highest BCUT2D eigenvalue weighted by Gasteiger charge is 2.34. The molecule has 1 aliphatic rings. The number of carbonyl (C=O) groups excluding carboxylic acids is 3. The molecule has 1 fully saturated rings. The van der Waals surface area contributed by atoms with Gasteiger partial charge in [-0.25, -0.2) is 0 Å². The predicted molar refractivity (Wildman–Crippen MR) is 92.8 cm³/mol. The van der Waals surface area contributed by atoms with Crippen LogP contribution in [-0.4, -0.2) is 34.0 Å². The summed E-state index contributed by atoms with van der Waals surface area (Å²) in [5.74, 6) is -0.859. The molecule has 25 heavy (non-hydrogen) atoms. The number of hydrogen-bond acceptors (Lipinski definition) is 4. The van der Waals surface area contributed by atoms with Gasteiger partial charge < -0.3 is 10.2 Å². The molecule has 1 atom stereocenters. The molecule has 1 aromatic heterocycles. The second-order valence-electron chi connectivity index (χ2n) is 6.09. The van der Waals surface area contributed by atoms with E-state index in [1.165, 1.54) is 6.92 Å². The Kier molecular flexibility index (Phi) is 4.88. The lowest BCUT2D eigenvalue weighted by molar-refractivity contribution is -0.128. The van der Waals surface area contributed by atoms with Crippen LogP contribution in [0.2, 0.25) is 0 Å². The van der Waals surface area contributed by atoms with Crippen LogP contribution >= 0.6 is 0 Å². The van der Waals surface area contributed by atoms with Gasteiger partial charge in [0.15, 0.2) is 5.78 Å². The summed E-state index contributed by atoms with van der Waals surface area (Å²) in [5.41, 5.74) is 1.74. The van der Waals surface area contributed by atoms with E-state index in [9.17, 15) is 14.4 Å². The van der Waals surface area contributed by atoms with E-state index in [4.69, 9.17) is 0 Å². The Bertz CT molecular complexity index is 805. The van der Waals surface area contributed by atoms with Crippen molar-refractivity contribution < 1.29 is 14.4 Å². The van der Waals surface area contributed by atoms with Gasteiger partial charge in [-0.1, -0.05) is 18.2 Å². The molecular weight excluding hydrogens is 318 g/mol. The van der Waals surface area contributed by atoms with E-state index in [1.807, 2.05) is 18.2 Å². The third kappa shape index (κ3) is 3.91. The van der Waals surface area contributed by atoms with Crippen molar-refractivity contribution in [1.82, 2.24) is 9.88 Å². The first kappa shape index (κ1) is 16.8. The zero-order chi connectivity index (χ0) is 17.8. The monoisotopic (exact) mass is 337 g/mol. The summed E-state index contributed by atoms with van der Waals surface area (Å²) in [6.07, 6.45) is 1.85. The molecular formula is C19H19N3O3. The number of nitrogens with zero attached hydrogens (tertiary/aromatic N) is 2. The number of nitrogens with one attached hydrogen (secondary N) is 1. The van der Waals surface area contributed by atoms with Crippen molar-refractivity contribution in [2.45, 2.75) is 19.9 Å². The lowest BCUT2D eigenvalue weighted by Gasteiger charge is -2.16. The molecule has 0 saturated carbocycles. The molecule has 128 valence electrons. The van der Waals surface area contributed by atoms with E-state index in [0.717, 1.165) is 5.69 Å². The Morgan fingerprint density at radius 3 is 2.68 bits per heavy atom. The van der Waals surface area contributed by atoms with Crippen LogP contribution in [0, 0.1) is 5.92 Å². The number of aromatic nitrogens is 1. The van der Waals surface area contributed by atoms with Crippen molar-refractivity contribution in [3.63, 3.8) is 0 Å². The second-order valence-corrected chi connectivity index (χ2v) is 6.09. The number of Topliss-reactive ketones (excluding diaryl/α,β-unsaturated/α-hetero) is 1. The number of ketones is 1. The standard InChI is InChI=1S/C19H19N3O3/c1-13(23)16-7-2-3-8-17(16)21-19(25)14-10-18(24)22(11-14)12-15-6-4-5-9-20-15/h2-9,14H,10-12H2,1H3,(H,21,25)/t14-/m1/s1. The van der Waals surface area contributed by atoms with Crippen LogP contribution < -0.4 is 5.32 Å². The normalized spacial score (nSPS) is 16.8. The van der Waals surface area contributed by atoms with Crippen molar-refractivity contribution >= 4 is 23.3 Å². The van der Waals surface area contributed by atoms with Crippen molar-refractivity contribution in [3.8, 4) is 0 Å². The van der Waals surface area contributed by atoms with Crippen LogP contribution in [-0.2, 0) is 16.1 Å². The predicted octanol–water partition coefficient (Wildman–Crippen LogP) is 2.27. The van der Waals surface area contributed by atoms with Crippen LogP contribution in [0.1, 0.15) is 29.4 Å². The minimum Gasteiger partial charge on any atom is -0.336 e. The molecule has 0 radical (unpaired) electrons. The molecule has 2 heterocycles. The smallest absolute Gasteiger partial charge is 0.229 e. The number of amides is 2. The fraction of sp³-hybridized carbons (Fsp3) is 0.263. The molecule has 3 rings (SSSR count). The van der Waals surface area contributed by atoms with E-state index in [-0.39, 0.29) is 24.0 Å². The first-order chi connectivity index (χ1) is 12.0. The van der Waals surface area contributed by atoms with Gasteiger partial charge in [0.25, 0.3) is 0 Å². The maximum atomic E-state index is 12.5. The zero-order valence-electron chi connectivity index (χ0n) is 13.9. The quantitative estimate of drug-likeness (QED) is 0.849. The molecule has 1 aromatic carbocycles. The molecule has 6 nitrogen and oxygen atoms in total. The Balaban J connectivity index is 1.66. The summed E-state index contributed by atoms with van der Waals surface area (Å²) in [7, 11) is 0. The Morgan fingerprint density at radius 1 is 1.20 bits per heavy atom. The van der Waals surface area contributed by atoms with Crippen LogP contribution in [0.4, 0.5) is 5.69 Å². The zero-order valence-corrected chi connectivity index (χ0v) is 13.9. The Labute approximate surface area is 145 Å². The minimum atomic E-state index is -0.434. The fourth-order valence-corrected chi connectivity index (χ4v) is 2.92. The summed E-state index contributed by atoms with van der Waals surface area (Å²) in [6, 6.07) is 12.4. The van der Waals surface area contributed by atoms with E-state index in [0.29, 0.717) is 24.3 Å². The minimum absolute atomic E-state index is 0.0642. The number of carbonyl (C=O) groups is 3. The lowest BCUT2D eigenvalue weighted by atomic mass is 10.1. The van der Waals surface area contributed by atoms with Gasteiger partial charge >= 0.3 is 0 Å². The summed E-state index contributed by atoms with van der Waals surface area (Å²) < 4.78 is 0. The molecule has 2 aromatic rings. The molecule has 0 bridgehead atoms. The number of likely N-dealkylation sites (tertiary alicyclic amines) is 1. The SMILES string of the molecule is CC(=O)c1ccccc1NC(=O)[C@@H]1CC(=O)N(Cc2ccccn2)C1. The topological polar surface area (TPSA) is 79.4 Å². The highest BCUT2D eigenvalue weighted by molar-refractivity contribution is 6.05. The summed E-state index contributed by atoms with van der Waals surface area (Å²) in [6.45, 7) is 2.20. The van der Waals surface area contributed by atoms with Gasteiger partial charge in [0, 0.05) is 24.7 Å². The van der Waals surface area contributed by atoms with E-state index >= 15 is 0 Å². The van der Waals surface area contributed by atoms with Crippen molar-refractivity contribution in [2.75, 3.05) is 11.9 Å². The van der Waals surface area contributed by atoms with Crippen LogP contribution in [0.15, 0.2) is 48.7 Å². The molecule has 1 aliphatic heterocycles. The molecule has 0 spiro atoms. The van der Waals surface area contributed by atoms with Crippen LogP contribution in [0.25, 0.3) is 0 Å². The molecule has 2 amide bonds. The Hall–Kier alpha value is -3.02. The van der Waals surface area contributed by atoms with Crippen molar-refractivity contribution in [2.24, 2.45) is 5.92 Å². The van der Waals surface area contributed by atoms with E-state index in [1.54, 1.807) is 35.4 Å². The largest absolute Gasteiger partial charge is 0.336 e. The number of anilines is 1. The highest BCUT2D eigenvalue weighted by Crippen LogP contribution is 2.23. The lowest BCUT2D eigenvalue weighted by Crippen LogP contribution is -2.28. The van der Waals surface area contributed by atoms with Gasteiger partial charge in [-0.3, -0.25) is 19.4 Å². The van der Waals surface area contributed by atoms with Gasteiger partial charge in [0.05, 0.1) is 23.8 Å². The summed E-state index contributed by atoms with van der Waals surface area (Å²) >= 11 is 0. The van der Waals surface area contributed by atoms with Crippen molar-refractivity contribution in [1.29, 1.82) is 0 Å². The number of rotatable bonds is 5. The first-order valence-electron chi connectivity index (χ1n) is 8.13. The number of pyridine rings is 1. The highest BCUT2D eigenvalue weighted by atomic mass is 16.2. The van der Waals surface area contributed by atoms with Gasteiger partial charge in [0.2, 0.25) is 11.8 Å².